The summed E-state index contributed by atoms with van der Waals surface area (Å²) in [5.41, 5.74) is 0.00727. The van der Waals surface area contributed by atoms with Crippen molar-refractivity contribution >= 4 is 17.5 Å². The molecule has 2 atom stereocenters. The quantitative estimate of drug-likeness (QED) is 0.641. The van der Waals surface area contributed by atoms with Crippen LogP contribution in [0.2, 0.25) is 0 Å². The van der Waals surface area contributed by atoms with Crippen LogP contribution in [0.3, 0.4) is 0 Å². The van der Waals surface area contributed by atoms with E-state index >= 15 is 0 Å². The van der Waals surface area contributed by atoms with Crippen molar-refractivity contribution in [3.8, 4) is 0 Å². The summed E-state index contributed by atoms with van der Waals surface area (Å²) in [5.74, 6) is -0.117. The lowest BCUT2D eigenvalue weighted by molar-refractivity contribution is -0.384. The fraction of sp³-hybridized carbons (Fsp3) is 0.500. The van der Waals surface area contributed by atoms with Gasteiger partial charge in [-0.15, -0.1) is 0 Å². The van der Waals surface area contributed by atoms with E-state index in [4.69, 9.17) is 0 Å². The van der Waals surface area contributed by atoms with Gasteiger partial charge in [-0.2, -0.15) is 0 Å². The fourth-order valence-electron chi connectivity index (χ4n) is 2.50. The summed E-state index contributed by atoms with van der Waals surface area (Å²) < 4.78 is 0. The smallest absolute Gasteiger partial charge is 0.270 e. The summed E-state index contributed by atoms with van der Waals surface area (Å²) in [4.78, 5) is 36.4. The van der Waals surface area contributed by atoms with Gasteiger partial charge < -0.3 is 10.2 Å². The first-order valence-corrected chi connectivity index (χ1v) is 7.63. The van der Waals surface area contributed by atoms with E-state index in [2.05, 4.69) is 5.32 Å². The number of carbonyl (C=O) groups is 2. The van der Waals surface area contributed by atoms with Crippen LogP contribution in [-0.4, -0.2) is 40.8 Å². The number of non-ortho nitro benzene ring substituents is 1. The van der Waals surface area contributed by atoms with Crippen molar-refractivity contribution in [2.45, 2.75) is 38.8 Å². The number of carbonyl (C=O) groups excluding carboxylic acids is 2. The number of hydrogen-bond donors (Lipinski definition) is 1. The fourth-order valence-corrected chi connectivity index (χ4v) is 2.50. The van der Waals surface area contributed by atoms with E-state index in [9.17, 15) is 19.7 Å². The molecule has 1 aromatic rings. The second-order valence-electron chi connectivity index (χ2n) is 6.03. The monoisotopic (exact) mass is 319 g/mol. The molecule has 7 nitrogen and oxygen atoms in total. The van der Waals surface area contributed by atoms with Gasteiger partial charge in [-0.1, -0.05) is 6.07 Å². The minimum absolute atomic E-state index is 0.152. The van der Waals surface area contributed by atoms with Gasteiger partial charge in [0.2, 0.25) is 5.91 Å². The molecule has 2 rings (SSSR count). The number of nitro groups is 1. The average molecular weight is 319 g/mol. The second kappa shape index (κ2) is 6.76. The minimum atomic E-state index is -0.687. The standard InChI is InChI=1S/C16H21N3O4/c1-10(16(21)18(3)11(2)12-7-8-12)17-15(20)13-5-4-6-14(9-13)19(22)23/h4-6,9-12H,7-8H2,1-3H3,(H,17,20). The van der Waals surface area contributed by atoms with Crippen LogP contribution in [0, 0.1) is 16.0 Å². The van der Waals surface area contributed by atoms with Gasteiger partial charge in [-0.25, -0.2) is 0 Å². The number of hydrogen-bond acceptors (Lipinski definition) is 4. The molecule has 0 aromatic heterocycles. The third-order valence-corrected chi connectivity index (χ3v) is 4.30. The first-order valence-electron chi connectivity index (χ1n) is 7.63. The number of rotatable bonds is 6. The van der Waals surface area contributed by atoms with Gasteiger partial charge in [-0.05, 0) is 38.7 Å². The Morgan fingerprint density at radius 2 is 2.00 bits per heavy atom. The highest BCUT2D eigenvalue weighted by Crippen LogP contribution is 2.34. The van der Waals surface area contributed by atoms with Crippen molar-refractivity contribution in [1.29, 1.82) is 0 Å². The summed E-state index contributed by atoms with van der Waals surface area (Å²) in [6.07, 6.45) is 2.26. The zero-order valence-corrected chi connectivity index (χ0v) is 13.5. The maximum Gasteiger partial charge on any atom is 0.270 e. The molecule has 2 unspecified atom stereocenters. The van der Waals surface area contributed by atoms with Crippen LogP contribution < -0.4 is 5.32 Å². The molecule has 1 N–H and O–H groups in total. The number of nitro benzene ring substituents is 1. The average Bonchev–Trinajstić information content (AvgIpc) is 3.37. The van der Waals surface area contributed by atoms with Crippen LogP contribution in [0.15, 0.2) is 24.3 Å². The van der Waals surface area contributed by atoms with E-state index in [-0.39, 0.29) is 23.2 Å². The lowest BCUT2D eigenvalue weighted by atomic mass is 10.1. The predicted molar refractivity (Wildman–Crippen MR) is 85.0 cm³/mol. The lowest BCUT2D eigenvalue weighted by Gasteiger charge is -2.28. The number of nitrogens with one attached hydrogen (secondary N) is 1. The van der Waals surface area contributed by atoms with Crippen LogP contribution in [0.5, 0.6) is 0 Å². The number of benzene rings is 1. The lowest BCUT2D eigenvalue weighted by Crippen LogP contribution is -2.48. The number of likely N-dealkylation sites (N-methyl/N-ethyl adjacent to an activating group) is 1. The Balaban J connectivity index is 1.99. The molecule has 1 aliphatic rings. The molecular formula is C16H21N3O4. The Labute approximate surface area is 134 Å². The summed E-state index contributed by atoms with van der Waals surface area (Å²) >= 11 is 0. The van der Waals surface area contributed by atoms with Crippen LogP contribution >= 0.6 is 0 Å². The van der Waals surface area contributed by atoms with E-state index in [1.165, 1.54) is 24.3 Å². The molecule has 0 spiro atoms. The maximum atomic E-state index is 12.4. The summed E-state index contributed by atoms with van der Waals surface area (Å²) in [6, 6.07) is 4.91. The maximum absolute atomic E-state index is 12.4. The Bertz CT molecular complexity index is 628. The highest BCUT2D eigenvalue weighted by molar-refractivity contribution is 5.97. The third-order valence-electron chi connectivity index (χ3n) is 4.30. The Morgan fingerprint density at radius 1 is 1.35 bits per heavy atom. The van der Waals surface area contributed by atoms with E-state index in [1.54, 1.807) is 18.9 Å². The van der Waals surface area contributed by atoms with Crippen LogP contribution in [-0.2, 0) is 4.79 Å². The first-order chi connectivity index (χ1) is 10.8. The Hall–Kier alpha value is -2.44. The Morgan fingerprint density at radius 3 is 2.57 bits per heavy atom. The molecule has 1 aromatic carbocycles. The minimum Gasteiger partial charge on any atom is -0.341 e. The molecule has 1 aliphatic carbocycles. The largest absolute Gasteiger partial charge is 0.341 e. The highest BCUT2D eigenvalue weighted by atomic mass is 16.6. The zero-order valence-electron chi connectivity index (χ0n) is 13.5. The normalized spacial score (nSPS) is 16.3. The van der Waals surface area contributed by atoms with Gasteiger partial charge in [0, 0.05) is 30.8 Å². The van der Waals surface area contributed by atoms with Crippen molar-refractivity contribution < 1.29 is 14.5 Å². The molecule has 7 heteroatoms. The number of amides is 2. The second-order valence-corrected chi connectivity index (χ2v) is 6.03. The Kier molecular flexibility index (Phi) is 4.98. The van der Waals surface area contributed by atoms with E-state index < -0.39 is 16.9 Å². The van der Waals surface area contributed by atoms with Crippen LogP contribution in [0.1, 0.15) is 37.0 Å². The van der Waals surface area contributed by atoms with E-state index in [0.717, 1.165) is 12.8 Å². The van der Waals surface area contributed by atoms with E-state index in [0.29, 0.717) is 5.92 Å². The van der Waals surface area contributed by atoms with Gasteiger partial charge in [0.15, 0.2) is 0 Å². The molecule has 124 valence electrons. The van der Waals surface area contributed by atoms with Crippen molar-refractivity contribution in [3.05, 3.63) is 39.9 Å². The molecule has 1 fully saturated rings. The molecule has 2 amide bonds. The number of nitrogens with zero attached hydrogens (tertiary/aromatic N) is 2. The molecule has 23 heavy (non-hydrogen) atoms. The SMILES string of the molecule is CC(NC(=O)c1cccc([N+](=O)[O-])c1)C(=O)N(C)C(C)C1CC1. The van der Waals surface area contributed by atoms with Crippen molar-refractivity contribution in [1.82, 2.24) is 10.2 Å². The van der Waals surface area contributed by atoms with Crippen molar-refractivity contribution in [3.63, 3.8) is 0 Å². The van der Waals surface area contributed by atoms with Gasteiger partial charge >= 0.3 is 0 Å². The van der Waals surface area contributed by atoms with Crippen LogP contribution in [0.25, 0.3) is 0 Å². The van der Waals surface area contributed by atoms with Gasteiger partial charge in [0.1, 0.15) is 6.04 Å². The third kappa shape index (κ3) is 4.06. The van der Waals surface area contributed by atoms with Gasteiger partial charge in [0.25, 0.3) is 11.6 Å². The summed E-state index contributed by atoms with van der Waals surface area (Å²) in [6.45, 7) is 3.62. The molecule has 0 radical (unpaired) electrons. The molecule has 0 bridgehead atoms. The van der Waals surface area contributed by atoms with Crippen LogP contribution in [0.4, 0.5) is 5.69 Å². The molecule has 1 saturated carbocycles. The molecular weight excluding hydrogens is 298 g/mol. The molecule has 0 aliphatic heterocycles. The molecule has 0 heterocycles. The van der Waals surface area contributed by atoms with Gasteiger partial charge in [-0.3, -0.25) is 19.7 Å². The van der Waals surface area contributed by atoms with Crippen molar-refractivity contribution in [2.75, 3.05) is 7.05 Å². The van der Waals surface area contributed by atoms with Gasteiger partial charge in [0.05, 0.1) is 4.92 Å². The van der Waals surface area contributed by atoms with Crippen molar-refractivity contribution in [2.24, 2.45) is 5.92 Å². The first kappa shape index (κ1) is 16.9. The van der Waals surface area contributed by atoms with E-state index in [1.807, 2.05) is 6.92 Å². The zero-order chi connectivity index (χ0) is 17.1. The highest BCUT2D eigenvalue weighted by Gasteiger charge is 2.34. The topological polar surface area (TPSA) is 92.5 Å². The summed E-state index contributed by atoms with van der Waals surface area (Å²) in [5, 5.41) is 13.4. The predicted octanol–water partition coefficient (Wildman–Crippen LogP) is 1.97. The summed E-state index contributed by atoms with van der Waals surface area (Å²) in [7, 11) is 1.74. The molecule has 0 saturated heterocycles.